The standard InChI is InChI=1S/C9H13NO3/c1-5(4-11)10-8(12)6(2)7(3)9(10)13/h5,11H,4H2,1-3H3/t5-/m0/s1. The number of rotatable bonds is 2. The minimum Gasteiger partial charge on any atom is -0.394 e. The maximum Gasteiger partial charge on any atom is 0.257 e. The number of imide groups is 1. The molecular weight excluding hydrogens is 170 g/mol. The Kier molecular flexibility index (Phi) is 2.52. The third-order valence-corrected chi connectivity index (χ3v) is 2.35. The molecule has 1 aliphatic rings. The van der Waals surface area contributed by atoms with E-state index < -0.39 is 6.04 Å². The molecule has 0 fully saturated rings. The second-order valence-electron chi connectivity index (χ2n) is 3.26. The quantitative estimate of drug-likeness (QED) is 0.616. The fourth-order valence-electron chi connectivity index (χ4n) is 1.26. The maximum atomic E-state index is 11.5. The molecule has 1 atom stereocenters. The zero-order valence-corrected chi connectivity index (χ0v) is 8.00. The summed E-state index contributed by atoms with van der Waals surface area (Å²) in [6.45, 7) is 4.69. The van der Waals surface area contributed by atoms with Crippen molar-refractivity contribution in [3.63, 3.8) is 0 Å². The van der Waals surface area contributed by atoms with E-state index in [1.165, 1.54) is 0 Å². The topological polar surface area (TPSA) is 57.6 Å². The summed E-state index contributed by atoms with van der Waals surface area (Å²) in [5.41, 5.74) is 0.954. The summed E-state index contributed by atoms with van der Waals surface area (Å²) in [5, 5.41) is 8.84. The molecule has 0 aromatic heterocycles. The van der Waals surface area contributed by atoms with E-state index in [0.29, 0.717) is 11.1 Å². The fourth-order valence-corrected chi connectivity index (χ4v) is 1.26. The summed E-state index contributed by atoms with van der Waals surface area (Å²) in [5.74, 6) is -0.576. The van der Waals surface area contributed by atoms with Crippen molar-refractivity contribution in [2.24, 2.45) is 0 Å². The first-order valence-electron chi connectivity index (χ1n) is 4.17. The summed E-state index contributed by atoms with van der Waals surface area (Å²) in [4.78, 5) is 24.0. The second-order valence-corrected chi connectivity index (χ2v) is 3.26. The van der Waals surface area contributed by atoms with Crippen LogP contribution in [0.15, 0.2) is 11.1 Å². The molecular formula is C9H13NO3. The van der Waals surface area contributed by atoms with Crippen LogP contribution < -0.4 is 0 Å². The Morgan fingerprint density at radius 1 is 1.23 bits per heavy atom. The molecule has 0 spiro atoms. The molecule has 0 aromatic rings. The Balaban J connectivity index is 2.97. The first-order valence-corrected chi connectivity index (χ1v) is 4.17. The van der Waals surface area contributed by atoms with Crippen molar-refractivity contribution < 1.29 is 14.7 Å². The van der Waals surface area contributed by atoms with Crippen LogP contribution in [0.3, 0.4) is 0 Å². The van der Waals surface area contributed by atoms with Gasteiger partial charge in [0.25, 0.3) is 11.8 Å². The van der Waals surface area contributed by atoms with Crippen molar-refractivity contribution in [2.75, 3.05) is 6.61 Å². The smallest absolute Gasteiger partial charge is 0.257 e. The minimum atomic E-state index is -0.438. The van der Waals surface area contributed by atoms with Crippen LogP contribution in [0, 0.1) is 0 Å². The third-order valence-electron chi connectivity index (χ3n) is 2.35. The summed E-state index contributed by atoms with van der Waals surface area (Å²) in [6.07, 6.45) is 0. The Morgan fingerprint density at radius 2 is 1.62 bits per heavy atom. The highest BCUT2D eigenvalue weighted by atomic mass is 16.3. The van der Waals surface area contributed by atoms with Crippen LogP contribution in [0.5, 0.6) is 0 Å². The lowest BCUT2D eigenvalue weighted by atomic mass is 10.2. The van der Waals surface area contributed by atoms with Crippen molar-refractivity contribution in [3.05, 3.63) is 11.1 Å². The summed E-state index contributed by atoms with van der Waals surface area (Å²) in [7, 11) is 0. The zero-order chi connectivity index (χ0) is 10.2. The van der Waals surface area contributed by atoms with Gasteiger partial charge in [-0.05, 0) is 20.8 Å². The largest absolute Gasteiger partial charge is 0.394 e. The van der Waals surface area contributed by atoms with Gasteiger partial charge in [0, 0.05) is 11.1 Å². The van der Waals surface area contributed by atoms with Crippen molar-refractivity contribution in [3.8, 4) is 0 Å². The van der Waals surface area contributed by atoms with E-state index in [0.717, 1.165) is 4.90 Å². The van der Waals surface area contributed by atoms with E-state index in [9.17, 15) is 9.59 Å². The van der Waals surface area contributed by atoms with Gasteiger partial charge in [0.05, 0.1) is 12.6 Å². The number of carbonyl (C=O) groups excluding carboxylic acids is 2. The number of nitrogens with zero attached hydrogens (tertiary/aromatic N) is 1. The van der Waals surface area contributed by atoms with Crippen LogP contribution >= 0.6 is 0 Å². The Hall–Kier alpha value is -1.16. The minimum absolute atomic E-state index is 0.196. The number of aliphatic hydroxyl groups excluding tert-OH is 1. The van der Waals surface area contributed by atoms with Crippen LogP contribution in [0.2, 0.25) is 0 Å². The average Bonchev–Trinajstić information content (AvgIpc) is 2.30. The summed E-state index contributed by atoms with van der Waals surface area (Å²) < 4.78 is 0. The Morgan fingerprint density at radius 3 is 1.92 bits per heavy atom. The molecule has 0 saturated carbocycles. The highest BCUT2D eigenvalue weighted by Crippen LogP contribution is 2.21. The highest BCUT2D eigenvalue weighted by molar-refractivity contribution is 6.18. The number of hydrogen-bond acceptors (Lipinski definition) is 3. The van der Waals surface area contributed by atoms with E-state index >= 15 is 0 Å². The van der Waals surface area contributed by atoms with Crippen molar-refractivity contribution in [2.45, 2.75) is 26.8 Å². The molecule has 4 nitrogen and oxygen atoms in total. The van der Waals surface area contributed by atoms with Crippen LogP contribution in [0.1, 0.15) is 20.8 Å². The molecule has 72 valence electrons. The lowest BCUT2D eigenvalue weighted by molar-refractivity contribution is -0.140. The van der Waals surface area contributed by atoms with Gasteiger partial charge in [-0.25, -0.2) is 0 Å². The van der Waals surface area contributed by atoms with Gasteiger partial charge in [0.15, 0.2) is 0 Å². The molecule has 0 bridgehead atoms. The first kappa shape index (κ1) is 9.92. The number of aliphatic hydroxyl groups is 1. The molecule has 0 aliphatic carbocycles. The molecule has 0 saturated heterocycles. The highest BCUT2D eigenvalue weighted by Gasteiger charge is 2.35. The molecule has 0 unspecified atom stereocenters. The van der Waals surface area contributed by atoms with Crippen LogP contribution in [-0.2, 0) is 9.59 Å². The van der Waals surface area contributed by atoms with Gasteiger partial charge in [-0.2, -0.15) is 0 Å². The van der Waals surface area contributed by atoms with Gasteiger partial charge in [-0.3, -0.25) is 14.5 Å². The van der Waals surface area contributed by atoms with E-state index in [2.05, 4.69) is 0 Å². The first-order chi connectivity index (χ1) is 6.00. The SMILES string of the molecule is CC1=C(C)C(=O)N([C@@H](C)CO)C1=O. The van der Waals surface area contributed by atoms with Crippen LogP contribution in [0.25, 0.3) is 0 Å². The molecule has 2 amide bonds. The molecule has 13 heavy (non-hydrogen) atoms. The monoisotopic (exact) mass is 183 g/mol. The summed E-state index contributed by atoms with van der Waals surface area (Å²) in [6, 6.07) is -0.438. The van der Waals surface area contributed by atoms with Gasteiger partial charge in [-0.1, -0.05) is 0 Å². The fraction of sp³-hybridized carbons (Fsp3) is 0.556. The van der Waals surface area contributed by atoms with E-state index in [1.54, 1.807) is 20.8 Å². The number of amides is 2. The number of carbonyl (C=O) groups is 2. The maximum absolute atomic E-state index is 11.5. The average molecular weight is 183 g/mol. The van der Waals surface area contributed by atoms with Gasteiger partial charge in [0.2, 0.25) is 0 Å². The Bertz CT molecular complexity index is 269. The molecule has 0 radical (unpaired) electrons. The predicted octanol–water partition coefficient (Wildman–Crippen LogP) is 0.0724. The van der Waals surface area contributed by atoms with Crippen LogP contribution in [0.4, 0.5) is 0 Å². The lowest BCUT2D eigenvalue weighted by Gasteiger charge is -2.20. The van der Waals surface area contributed by atoms with Gasteiger partial charge < -0.3 is 5.11 Å². The van der Waals surface area contributed by atoms with Crippen molar-refractivity contribution >= 4 is 11.8 Å². The second kappa shape index (κ2) is 3.30. The Labute approximate surface area is 76.8 Å². The predicted molar refractivity (Wildman–Crippen MR) is 46.8 cm³/mol. The van der Waals surface area contributed by atoms with E-state index in [4.69, 9.17) is 5.11 Å². The molecule has 1 rings (SSSR count). The van der Waals surface area contributed by atoms with Crippen molar-refractivity contribution in [1.82, 2.24) is 4.90 Å². The van der Waals surface area contributed by atoms with Gasteiger partial charge >= 0.3 is 0 Å². The normalized spacial score (nSPS) is 20.2. The third kappa shape index (κ3) is 1.37. The van der Waals surface area contributed by atoms with Gasteiger partial charge in [0.1, 0.15) is 0 Å². The molecule has 1 heterocycles. The lowest BCUT2D eigenvalue weighted by Crippen LogP contribution is -2.41. The number of hydrogen-bond donors (Lipinski definition) is 1. The molecule has 1 aliphatic heterocycles. The van der Waals surface area contributed by atoms with Gasteiger partial charge in [-0.15, -0.1) is 0 Å². The molecule has 1 N–H and O–H groups in total. The molecule has 0 aromatic carbocycles. The summed E-state index contributed by atoms with van der Waals surface area (Å²) >= 11 is 0. The van der Waals surface area contributed by atoms with E-state index in [-0.39, 0.29) is 18.4 Å². The van der Waals surface area contributed by atoms with Crippen LogP contribution in [-0.4, -0.2) is 34.5 Å². The van der Waals surface area contributed by atoms with Crippen molar-refractivity contribution in [1.29, 1.82) is 0 Å². The molecule has 4 heteroatoms. The van der Waals surface area contributed by atoms with E-state index in [1.807, 2.05) is 0 Å². The zero-order valence-electron chi connectivity index (χ0n) is 8.00.